The fourth-order valence-electron chi connectivity index (χ4n) is 2.25. The second-order valence-corrected chi connectivity index (χ2v) is 7.12. The van der Waals surface area contributed by atoms with E-state index in [9.17, 15) is 19.7 Å². The Hall–Kier alpha value is -3.07. The van der Waals surface area contributed by atoms with Gasteiger partial charge in [0.25, 0.3) is 11.6 Å². The number of nitro groups is 1. The SMILES string of the molecule is COc1ccccc1CNC(=O)COC(=O)[C@@H](C)Sc1ccc([N+](=O)[O-])cc1. The number of ether oxygens (including phenoxy) is 2. The molecule has 2 aromatic carbocycles. The highest BCUT2D eigenvalue weighted by molar-refractivity contribution is 8.00. The van der Waals surface area contributed by atoms with Gasteiger partial charge in [-0.2, -0.15) is 0 Å². The summed E-state index contributed by atoms with van der Waals surface area (Å²) >= 11 is 1.19. The number of amides is 1. The molecule has 1 N–H and O–H groups in total. The Kier molecular flexibility index (Phi) is 7.82. The first-order chi connectivity index (χ1) is 13.4. The minimum atomic E-state index is -0.566. The number of thioether (sulfide) groups is 1. The van der Waals surface area contributed by atoms with Crippen LogP contribution in [0.15, 0.2) is 53.4 Å². The standard InChI is InChI=1S/C19H20N2O6S/c1-13(28-16-9-7-15(8-10-16)21(24)25)19(23)27-12-18(22)20-11-14-5-3-4-6-17(14)26-2/h3-10,13H,11-12H2,1-2H3,(H,20,22)/t13-/m1/s1. The fraction of sp³-hybridized carbons (Fsp3) is 0.263. The summed E-state index contributed by atoms with van der Waals surface area (Å²) in [6.07, 6.45) is 0. The number of hydrogen-bond donors (Lipinski definition) is 1. The first kappa shape index (κ1) is 21.2. The molecule has 0 spiro atoms. The van der Waals surface area contributed by atoms with Crippen molar-refractivity contribution in [3.05, 3.63) is 64.2 Å². The van der Waals surface area contributed by atoms with Crippen LogP contribution in [0.3, 0.4) is 0 Å². The topological polar surface area (TPSA) is 108 Å². The molecule has 0 aromatic heterocycles. The Morgan fingerprint density at radius 3 is 2.50 bits per heavy atom. The molecule has 28 heavy (non-hydrogen) atoms. The van der Waals surface area contributed by atoms with Crippen LogP contribution in [0.1, 0.15) is 12.5 Å². The zero-order valence-electron chi connectivity index (χ0n) is 15.4. The Balaban J connectivity index is 1.77. The number of rotatable bonds is 9. The zero-order valence-corrected chi connectivity index (χ0v) is 16.2. The molecular weight excluding hydrogens is 384 g/mol. The third kappa shape index (κ3) is 6.27. The Morgan fingerprint density at radius 1 is 1.18 bits per heavy atom. The van der Waals surface area contributed by atoms with Crippen LogP contribution in [0, 0.1) is 10.1 Å². The number of methoxy groups -OCH3 is 1. The minimum Gasteiger partial charge on any atom is -0.496 e. The van der Waals surface area contributed by atoms with Gasteiger partial charge in [-0.25, -0.2) is 0 Å². The highest BCUT2D eigenvalue weighted by atomic mass is 32.2. The van der Waals surface area contributed by atoms with E-state index in [2.05, 4.69) is 5.32 Å². The second kappa shape index (κ2) is 10.3. The number of nitro benzene ring substituents is 1. The summed E-state index contributed by atoms with van der Waals surface area (Å²) in [6, 6.07) is 13.1. The van der Waals surface area contributed by atoms with Crippen molar-refractivity contribution in [1.82, 2.24) is 5.32 Å². The van der Waals surface area contributed by atoms with Gasteiger partial charge in [0.2, 0.25) is 0 Å². The van der Waals surface area contributed by atoms with Gasteiger partial charge in [0.05, 0.1) is 12.0 Å². The van der Waals surface area contributed by atoms with Gasteiger partial charge in [-0.05, 0) is 25.1 Å². The van der Waals surface area contributed by atoms with E-state index in [1.165, 1.54) is 23.9 Å². The molecule has 2 rings (SSSR count). The van der Waals surface area contributed by atoms with E-state index >= 15 is 0 Å². The molecule has 0 bridgehead atoms. The molecule has 1 amide bonds. The first-order valence-corrected chi connectivity index (χ1v) is 9.25. The van der Waals surface area contributed by atoms with Crippen LogP contribution >= 0.6 is 11.8 Å². The lowest BCUT2D eigenvalue weighted by Gasteiger charge is -2.12. The molecule has 148 valence electrons. The third-order valence-electron chi connectivity index (χ3n) is 3.71. The number of carbonyl (C=O) groups is 2. The van der Waals surface area contributed by atoms with E-state index in [0.29, 0.717) is 10.6 Å². The summed E-state index contributed by atoms with van der Waals surface area (Å²) < 4.78 is 10.2. The van der Waals surface area contributed by atoms with Gasteiger partial charge in [0.1, 0.15) is 11.0 Å². The van der Waals surface area contributed by atoms with Crippen molar-refractivity contribution in [2.45, 2.75) is 23.6 Å². The average molecular weight is 404 g/mol. The molecule has 0 unspecified atom stereocenters. The predicted molar refractivity (Wildman–Crippen MR) is 104 cm³/mol. The first-order valence-electron chi connectivity index (χ1n) is 8.37. The smallest absolute Gasteiger partial charge is 0.319 e. The Labute approximate surface area is 166 Å². The quantitative estimate of drug-likeness (QED) is 0.296. The molecule has 0 aliphatic heterocycles. The Morgan fingerprint density at radius 2 is 1.86 bits per heavy atom. The number of benzene rings is 2. The molecule has 0 aliphatic carbocycles. The maximum Gasteiger partial charge on any atom is 0.319 e. The number of nitrogens with zero attached hydrogens (tertiary/aromatic N) is 1. The van der Waals surface area contributed by atoms with Crippen molar-refractivity contribution >= 4 is 29.3 Å². The molecule has 1 atom stereocenters. The molecule has 2 aromatic rings. The molecule has 0 aliphatic rings. The highest BCUT2D eigenvalue weighted by Gasteiger charge is 2.18. The predicted octanol–water partition coefficient (Wildman–Crippen LogP) is 2.94. The van der Waals surface area contributed by atoms with Gasteiger partial charge in [0.15, 0.2) is 6.61 Å². The summed E-state index contributed by atoms with van der Waals surface area (Å²) in [5, 5.41) is 12.8. The second-order valence-electron chi connectivity index (χ2n) is 5.71. The van der Waals surface area contributed by atoms with Crippen LogP contribution in [0.25, 0.3) is 0 Å². The van der Waals surface area contributed by atoms with E-state index in [1.54, 1.807) is 32.2 Å². The monoisotopic (exact) mass is 404 g/mol. The van der Waals surface area contributed by atoms with E-state index in [4.69, 9.17) is 9.47 Å². The molecule has 0 heterocycles. The average Bonchev–Trinajstić information content (AvgIpc) is 2.70. The van der Waals surface area contributed by atoms with Crippen LogP contribution in [0.5, 0.6) is 5.75 Å². The maximum absolute atomic E-state index is 12.1. The Bertz CT molecular complexity index is 841. The van der Waals surface area contributed by atoms with Crippen molar-refractivity contribution in [3.8, 4) is 5.75 Å². The summed E-state index contributed by atoms with van der Waals surface area (Å²) in [7, 11) is 1.55. The van der Waals surface area contributed by atoms with Crippen LogP contribution in [-0.2, 0) is 20.9 Å². The fourth-order valence-corrected chi connectivity index (χ4v) is 3.11. The van der Waals surface area contributed by atoms with Crippen molar-refractivity contribution < 1.29 is 24.0 Å². The number of para-hydroxylation sites is 1. The van der Waals surface area contributed by atoms with Crippen LogP contribution < -0.4 is 10.1 Å². The third-order valence-corrected chi connectivity index (χ3v) is 4.80. The van der Waals surface area contributed by atoms with E-state index < -0.39 is 22.0 Å². The molecule has 0 saturated carbocycles. The van der Waals surface area contributed by atoms with E-state index in [1.807, 2.05) is 18.2 Å². The van der Waals surface area contributed by atoms with Crippen molar-refractivity contribution in [2.75, 3.05) is 13.7 Å². The van der Waals surface area contributed by atoms with Crippen molar-refractivity contribution in [2.24, 2.45) is 0 Å². The lowest BCUT2D eigenvalue weighted by atomic mass is 10.2. The van der Waals surface area contributed by atoms with Gasteiger partial charge in [-0.1, -0.05) is 18.2 Å². The molecule has 0 saturated heterocycles. The molecule has 0 radical (unpaired) electrons. The van der Waals surface area contributed by atoms with E-state index in [-0.39, 0.29) is 18.8 Å². The molecule has 9 heteroatoms. The number of hydrogen-bond acceptors (Lipinski definition) is 7. The largest absolute Gasteiger partial charge is 0.496 e. The molecular formula is C19H20N2O6S. The summed E-state index contributed by atoms with van der Waals surface area (Å²) in [5.41, 5.74) is 0.790. The van der Waals surface area contributed by atoms with Crippen LogP contribution in [0.2, 0.25) is 0 Å². The van der Waals surface area contributed by atoms with Crippen molar-refractivity contribution in [3.63, 3.8) is 0 Å². The van der Waals surface area contributed by atoms with Gasteiger partial charge in [-0.3, -0.25) is 19.7 Å². The normalized spacial score (nSPS) is 11.4. The zero-order chi connectivity index (χ0) is 20.5. The number of non-ortho nitro benzene ring substituents is 1. The lowest BCUT2D eigenvalue weighted by molar-refractivity contribution is -0.384. The minimum absolute atomic E-state index is 0.0219. The van der Waals surface area contributed by atoms with Gasteiger partial charge in [-0.15, -0.1) is 11.8 Å². The lowest BCUT2D eigenvalue weighted by Crippen LogP contribution is -2.30. The summed E-state index contributed by atoms with van der Waals surface area (Å²) in [5.74, 6) is -0.310. The molecule has 8 nitrogen and oxygen atoms in total. The maximum atomic E-state index is 12.1. The molecule has 0 fully saturated rings. The number of esters is 1. The van der Waals surface area contributed by atoms with Crippen LogP contribution in [-0.4, -0.2) is 35.8 Å². The number of carbonyl (C=O) groups excluding carboxylic acids is 2. The number of nitrogens with one attached hydrogen (secondary N) is 1. The van der Waals surface area contributed by atoms with Gasteiger partial charge in [0, 0.05) is 29.1 Å². The van der Waals surface area contributed by atoms with Gasteiger partial charge < -0.3 is 14.8 Å². The van der Waals surface area contributed by atoms with Crippen molar-refractivity contribution in [1.29, 1.82) is 0 Å². The van der Waals surface area contributed by atoms with E-state index in [0.717, 1.165) is 5.56 Å². The van der Waals surface area contributed by atoms with Crippen LogP contribution in [0.4, 0.5) is 5.69 Å². The van der Waals surface area contributed by atoms with Gasteiger partial charge >= 0.3 is 5.97 Å². The summed E-state index contributed by atoms with van der Waals surface area (Å²) in [4.78, 5) is 34.8. The summed E-state index contributed by atoms with van der Waals surface area (Å²) in [6.45, 7) is 1.51. The highest BCUT2D eigenvalue weighted by Crippen LogP contribution is 2.26.